The molecule has 0 unspecified atom stereocenters. The first-order chi connectivity index (χ1) is 11.2. The van der Waals surface area contributed by atoms with Crippen LogP contribution >= 0.6 is 0 Å². The van der Waals surface area contributed by atoms with Gasteiger partial charge in [0.2, 0.25) is 0 Å². The van der Waals surface area contributed by atoms with Crippen LogP contribution in [-0.2, 0) is 10.8 Å². The zero-order chi connectivity index (χ0) is 17.5. The molecule has 0 atom stereocenters. The van der Waals surface area contributed by atoms with E-state index in [9.17, 15) is 4.39 Å². The van der Waals surface area contributed by atoms with Crippen LogP contribution in [-0.4, -0.2) is 0 Å². The van der Waals surface area contributed by atoms with Crippen molar-refractivity contribution in [2.45, 2.75) is 58.3 Å². The maximum Gasteiger partial charge on any atom is 0.123 e. The molecule has 0 aliphatic heterocycles. The fourth-order valence-electron chi connectivity index (χ4n) is 3.76. The van der Waals surface area contributed by atoms with Crippen molar-refractivity contribution in [2.24, 2.45) is 0 Å². The van der Waals surface area contributed by atoms with Gasteiger partial charge in [-0.15, -0.1) is 0 Å². The standard InChI is InChI=1S/C23H27F/c1-16(13-17-7-6-8-19(24)14-17)18-9-10-20-21(15-18)23(4,5)12-11-22(20,2)3/h6-10,13-15H,11-12H2,1-5H3/b16-13+. The summed E-state index contributed by atoms with van der Waals surface area (Å²) in [7, 11) is 0. The average molecular weight is 322 g/mol. The number of benzene rings is 2. The highest BCUT2D eigenvalue weighted by molar-refractivity contribution is 5.80. The topological polar surface area (TPSA) is 0 Å². The average Bonchev–Trinajstić information content (AvgIpc) is 2.52. The number of hydrogen-bond acceptors (Lipinski definition) is 0. The predicted octanol–water partition coefficient (Wildman–Crippen LogP) is 6.74. The van der Waals surface area contributed by atoms with E-state index in [1.165, 1.54) is 41.2 Å². The number of rotatable bonds is 2. The minimum Gasteiger partial charge on any atom is -0.207 e. The van der Waals surface area contributed by atoms with Gasteiger partial charge in [0.25, 0.3) is 0 Å². The molecule has 0 amide bonds. The third-order valence-corrected chi connectivity index (χ3v) is 5.54. The molecule has 0 saturated heterocycles. The van der Waals surface area contributed by atoms with Crippen molar-refractivity contribution in [2.75, 3.05) is 0 Å². The van der Waals surface area contributed by atoms with Crippen LogP contribution in [0.15, 0.2) is 42.5 Å². The Bertz CT molecular complexity index is 793. The summed E-state index contributed by atoms with van der Waals surface area (Å²) < 4.78 is 13.4. The fraction of sp³-hybridized carbons (Fsp3) is 0.391. The minimum atomic E-state index is -0.190. The molecule has 1 heteroatoms. The Hall–Kier alpha value is -1.89. The van der Waals surface area contributed by atoms with Gasteiger partial charge in [-0.25, -0.2) is 4.39 Å². The summed E-state index contributed by atoms with van der Waals surface area (Å²) in [4.78, 5) is 0. The molecule has 3 rings (SSSR count). The molecule has 2 aromatic carbocycles. The van der Waals surface area contributed by atoms with Crippen molar-refractivity contribution in [1.29, 1.82) is 0 Å². The smallest absolute Gasteiger partial charge is 0.123 e. The van der Waals surface area contributed by atoms with Crippen LogP contribution in [0.25, 0.3) is 11.6 Å². The Morgan fingerprint density at radius 3 is 2.25 bits per heavy atom. The maximum absolute atomic E-state index is 13.4. The van der Waals surface area contributed by atoms with Crippen molar-refractivity contribution in [3.63, 3.8) is 0 Å². The molecular weight excluding hydrogens is 295 g/mol. The molecule has 0 bridgehead atoms. The summed E-state index contributed by atoms with van der Waals surface area (Å²) in [5.41, 5.74) is 6.68. The third kappa shape index (κ3) is 3.17. The highest BCUT2D eigenvalue weighted by Gasteiger charge is 2.36. The summed E-state index contributed by atoms with van der Waals surface area (Å²) in [5, 5.41) is 0. The van der Waals surface area contributed by atoms with E-state index in [1.54, 1.807) is 12.1 Å². The largest absolute Gasteiger partial charge is 0.207 e. The first-order valence-corrected chi connectivity index (χ1v) is 8.78. The Morgan fingerprint density at radius 2 is 1.58 bits per heavy atom. The van der Waals surface area contributed by atoms with Gasteiger partial charge in [0.1, 0.15) is 5.82 Å². The van der Waals surface area contributed by atoms with Crippen LogP contribution < -0.4 is 0 Å². The highest BCUT2D eigenvalue weighted by Crippen LogP contribution is 2.46. The van der Waals surface area contributed by atoms with Crippen molar-refractivity contribution in [1.82, 2.24) is 0 Å². The van der Waals surface area contributed by atoms with Crippen molar-refractivity contribution in [3.8, 4) is 0 Å². The second-order valence-corrected chi connectivity index (χ2v) is 8.41. The van der Waals surface area contributed by atoms with Crippen molar-refractivity contribution in [3.05, 3.63) is 70.5 Å². The lowest BCUT2D eigenvalue weighted by atomic mass is 9.63. The van der Waals surface area contributed by atoms with Gasteiger partial charge in [0.05, 0.1) is 0 Å². The second kappa shape index (κ2) is 5.88. The number of hydrogen-bond donors (Lipinski definition) is 0. The number of fused-ring (bicyclic) bond motifs is 1. The van der Waals surface area contributed by atoms with E-state index in [-0.39, 0.29) is 16.6 Å². The lowest BCUT2D eigenvalue weighted by molar-refractivity contribution is 0.332. The van der Waals surface area contributed by atoms with Gasteiger partial charge >= 0.3 is 0 Å². The van der Waals surface area contributed by atoms with E-state index in [4.69, 9.17) is 0 Å². The molecule has 0 N–H and O–H groups in total. The normalized spacial score (nSPS) is 19.0. The quantitative estimate of drug-likeness (QED) is 0.537. The summed E-state index contributed by atoms with van der Waals surface area (Å²) in [5.74, 6) is -0.190. The molecule has 2 aromatic rings. The minimum absolute atomic E-state index is 0.190. The lowest BCUT2D eigenvalue weighted by Crippen LogP contribution is -2.33. The zero-order valence-electron chi connectivity index (χ0n) is 15.4. The molecule has 0 fully saturated rings. The zero-order valence-corrected chi connectivity index (χ0v) is 15.4. The van der Waals surface area contributed by atoms with Gasteiger partial charge in [0, 0.05) is 0 Å². The summed E-state index contributed by atoms with van der Waals surface area (Å²) in [6, 6.07) is 13.6. The summed E-state index contributed by atoms with van der Waals surface area (Å²) in [6.45, 7) is 11.5. The van der Waals surface area contributed by atoms with E-state index >= 15 is 0 Å². The first kappa shape index (κ1) is 17.0. The summed E-state index contributed by atoms with van der Waals surface area (Å²) in [6.07, 6.45) is 4.50. The van der Waals surface area contributed by atoms with E-state index in [0.717, 1.165) is 5.56 Å². The van der Waals surface area contributed by atoms with Gasteiger partial charge < -0.3 is 0 Å². The van der Waals surface area contributed by atoms with Gasteiger partial charge in [-0.1, -0.05) is 64.1 Å². The van der Waals surface area contributed by atoms with Crippen LogP contribution in [0, 0.1) is 5.82 Å². The molecule has 0 spiro atoms. The molecule has 0 nitrogen and oxygen atoms in total. The van der Waals surface area contributed by atoms with E-state index in [2.05, 4.69) is 58.9 Å². The van der Waals surface area contributed by atoms with E-state index in [1.807, 2.05) is 6.07 Å². The van der Waals surface area contributed by atoms with Crippen LogP contribution in [0.2, 0.25) is 0 Å². The Balaban J connectivity index is 2.05. The SMILES string of the molecule is C/C(=C\c1cccc(F)c1)c1ccc2c(c1)C(C)(C)CCC2(C)C. The number of allylic oxidation sites excluding steroid dienone is 1. The molecule has 1 aliphatic carbocycles. The van der Waals surface area contributed by atoms with Gasteiger partial charge in [-0.2, -0.15) is 0 Å². The molecule has 126 valence electrons. The van der Waals surface area contributed by atoms with Gasteiger partial charge in [0.15, 0.2) is 0 Å². The van der Waals surface area contributed by atoms with Crippen molar-refractivity contribution < 1.29 is 4.39 Å². The van der Waals surface area contributed by atoms with Crippen molar-refractivity contribution >= 4 is 11.6 Å². The number of halogens is 1. The molecule has 0 heterocycles. The maximum atomic E-state index is 13.4. The Kier molecular flexibility index (Phi) is 4.15. The Labute approximate surface area is 145 Å². The van der Waals surface area contributed by atoms with Crippen LogP contribution in [0.3, 0.4) is 0 Å². The lowest BCUT2D eigenvalue weighted by Gasteiger charge is -2.42. The van der Waals surface area contributed by atoms with Gasteiger partial charge in [-0.3, -0.25) is 0 Å². The fourth-order valence-corrected chi connectivity index (χ4v) is 3.76. The molecular formula is C23H27F. The van der Waals surface area contributed by atoms with Crippen LogP contribution in [0.4, 0.5) is 4.39 Å². The molecule has 0 radical (unpaired) electrons. The van der Waals surface area contributed by atoms with Crippen LogP contribution in [0.1, 0.15) is 69.7 Å². The second-order valence-electron chi connectivity index (χ2n) is 8.41. The van der Waals surface area contributed by atoms with E-state index < -0.39 is 0 Å². The molecule has 1 aliphatic rings. The monoisotopic (exact) mass is 322 g/mol. The highest BCUT2D eigenvalue weighted by atomic mass is 19.1. The Morgan fingerprint density at radius 1 is 0.917 bits per heavy atom. The van der Waals surface area contributed by atoms with Gasteiger partial charge in [-0.05, 0) is 70.6 Å². The third-order valence-electron chi connectivity index (χ3n) is 5.54. The van der Waals surface area contributed by atoms with Crippen LogP contribution in [0.5, 0.6) is 0 Å². The predicted molar refractivity (Wildman–Crippen MR) is 102 cm³/mol. The first-order valence-electron chi connectivity index (χ1n) is 8.78. The molecule has 0 aromatic heterocycles. The summed E-state index contributed by atoms with van der Waals surface area (Å²) >= 11 is 0. The van der Waals surface area contributed by atoms with E-state index in [0.29, 0.717) is 0 Å². The molecule has 0 saturated carbocycles. The molecule has 24 heavy (non-hydrogen) atoms.